The molecular formula is C17H27N3O2. The van der Waals surface area contributed by atoms with Gasteiger partial charge in [-0.15, -0.1) is 0 Å². The number of carbonyl (C=O) groups excluding carboxylic acids is 1. The lowest BCUT2D eigenvalue weighted by molar-refractivity contribution is -0.126. The molecule has 0 bridgehead atoms. The number of ether oxygens (including phenoxy) is 1. The third kappa shape index (κ3) is 4.71. The number of benzene rings is 1. The molecule has 0 aromatic heterocycles. The van der Waals surface area contributed by atoms with Crippen LogP contribution in [-0.2, 0) is 11.3 Å². The quantitative estimate of drug-likeness (QED) is 0.721. The minimum absolute atomic E-state index is 0.121. The van der Waals surface area contributed by atoms with Crippen molar-refractivity contribution in [2.75, 3.05) is 39.3 Å². The smallest absolute Gasteiger partial charge is 0.225 e. The van der Waals surface area contributed by atoms with Crippen molar-refractivity contribution in [2.24, 2.45) is 5.92 Å². The monoisotopic (exact) mass is 305 g/mol. The molecule has 122 valence electrons. The molecule has 1 amide bonds. The number of hydrogen-bond donors (Lipinski definition) is 2. The molecule has 1 aromatic rings. The molecule has 2 N–H and O–H groups in total. The fourth-order valence-corrected chi connectivity index (χ4v) is 2.42. The van der Waals surface area contributed by atoms with Crippen LogP contribution in [0.2, 0.25) is 0 Å². The highest BCUT2D eigenvalue weighted by atomic mass is 16.5. The van der Waals surface area contributed by atoms with Crippen LogP contribution in [-0.4, -0.2) is 50.1 Å². The molecular weight excluding hydrogens is 278 g/mol. The number of nitrogens with zero attached hydrogens (tertiary/aromatic N) is 1. The fourth-order valence-electron chi connectivity index (χ4n) is 2.42. The highest BCUT2D eigenvalue weighted by Crippen LogP contribution is 2.18. The van der Waals surface area contributed by atoms with Crippen molar-refractivity contribution in [3.05, 3.63) is 29.8 Å². The maximum atomic E-state index is 11.9. The Bertz CT molecular complexity index is 471. The summed E-state index contributed by atoms with van der Waals surface area (Å²) < 4.78 is 5.90. The number of para-hydroxylation sites is 1. The van der Waals surface area contributed by atoms with Crippen LogP contribution in [0.15, 0.2) is 24.3 Å². The summed E-state index contributed by atoms with van der Waals surface area (Å²) >= 11 is 0. The van der Waals surface area contributed by atoms with Gasteiger partial charge in [0.05, 0.1) is 5.92 Å². The Labute approximate surface area is 133 Å². The van der Waals surface area contributed by atoms with Crippen molar-refractivity contribution in [3.63, 3.8) is 0 Å². The Hall–Kier alpha value is -1.59. The lowest BCUT2D eigenvalue weighted by Gasteiger charge is -2.26. The molecule has 1 aliphatic heterocycles. The SMILES string of the molecule is CCN(CC)CCOc1ccccc1CNC(=O)C1CNC1. The summed E-state index contributed by atoms with van der Waals surface area (Å²) in [6.45, 7) is 10.1. The van der Waals surface area contributed by atoms with Gasteiger partial charge in [-0.05, 0) is 19.2 Å². The molecule has 1 heterocycles. The predicted molar refractivity (Wildman–Crippen MR) is 87.9 cm³/mol. The van der Waals surface area contributed by atoms with Crippen LogP contribution in [0.1, 0.15) is 19.4 Å². The summed E-state index contributed by atoms with van der Waals surface area (Å²) in [5, 5.41) is 6.10. The lowest BCUT2D eigenvalue weighted by Crippen LogP contribution is -2.50. The zero-order valence-corrected chi connectivity index (χ0v) is 13.6. The zero-order chi connectivity index (χ0) is 15.8. The summed E-state index contributed by atoms with van der Waals surface area (Å²) in [4.78, 5) is 14.2. The number of likely N-dealkylation sites (N-methyl/N-ethyl adjacent to an activating group) is 1. The maximum absolute atomic E-state index is 11.9. The number of rotatable bonds is 9. The first-order chi connectivity index (χ1) is 10.7. The number of amides is 1. The van der Waals surface area contributed by atoms with Gasteiger partial charge in [0.1, 0.15) is 12.4 Å². The summed E-state index contributed by atoms with van der Waals surface area (Å²) in [5.74, 6) is 1.11. The van der Waals surface area contributed by atoms with Crippen molar-refractivity contribution in [3.8, 4) is 5.75 Å². The van der Waals surface area contributed by atoms with Crippen molar-refractivity contribution in [2.45, 2.75) is 20.4 Å². The molecule has 5 heteroatoms. The highest BCUT2D eigenvalue weighted by Gasteiger charge is 2.24. The molecule has 0 radical (unpaired) electrons. The third-order valence-corrected chi connectivity index (χ3v) is 4.14. The Kier molecular flexibility index (Phi) is 6.68. The normalized spacial score (nSPS) is 14.7. The first-order valence-electron chi connectivity index (χ1n) is 8.16. The number of hydrogen-bond acceptors (Lipinski definition) is 4. The second-order valence-corrected chi connectivity index (χ2v) is 5.56. The fraction of sp³-hybridized carbons (Fsp3) is 0.588. The molecule has 0 atom stereocenters. The van der Waals surface area contributed by atoms with E-state index in [4.69, 9.17) is 4.74 Å². The van der Waals surface area contributed by atoms with Gasteiger partial charge in [0.15, 0.2) is 0 Å². The average Bonchev–Trinajstić information content (AvgIpc) is 2.49. The van der Waals surface area contributed by atoms with Crippen LogP contribution in [0, 0.1) is 5.92 Å². The summed E-state index contributed by atoms with van der Waals surface area (Å²) in [5.41, 5.74) is 1.03. The Morgan fingerprint density at radius 3 is 2.68 bits per heavy atom. The second kappa shape index (κ2) is 8.76. The van der Waals surface area contributed by atoms with Crippen LogP contribution in [0.4, 0.5) is 0 Å². The van der Waals surface area contributed by atoms with E-state index in [-0.39, 0.29) is 11.8 Å². The van der Waals surface area contributed by atoms with Gasteiger partial charge < -0.3 is 20.3 Å². The van der Waals surface area contributed by atoms with Crippen LogP contribution in [0.25, 0.3) is 0 Å². The maximum Gasteiger partial charge on any atom is 0.225 e. The molecule has 2 rings (SSSR count). The zero-order valence-electron chi connectivity index (χ0n) is 13.6. The van der Waals surface area contributed by atoms with Gasteiger partial charge in [0.2, 0.25) is 5.91 Å². The van der Waals surface area contributed by atoms with Crippen LogP contribution >= 0.6 is 0 Å². The topological polar surface area (TPSA) is 53.6 Å². The molecule has 0 aliphatic carbocycles. The Morgan fingerprint density at radius 1 is 1.32 bits per heavy atom. The summed E-state index contributed by atoms with van der Waals surface area (Å²) in [6, 6.07) is 7.91. The number of carbonyl (C=O) groups is 1. The average molecular weight is 305 g/mol. The second-order valence-electron chi connectivity index (χ2n) is 5.56. The van der Waals surface area contributed by atoms with E-state index in [2.05, 4.69) is 29.4 Å². The van der Waals surface area contributed by atoms with Crippen LogP contribution < -0.4 is 15.4 Å². The first-order valence-corrected chi connectivity index (χ1v) is 8.16. The number of nitrogens with one attached hydrogen (secondary N) is 2. The summed E-state index contributed by atoms with van der Waals surface area (Å²) in [7, 11) is 0. The minimum atomic E-state index is 0.121. The molecule has 0 unspecified atom stereocenters. The third-order valence-electron chi connectivity index (χ3n) is 4.14. The predicted octanol–water partition coefficient (Wildman–Crippen LogP) is 1.24. The van der Waals surface area contributed by atoms with Gasteiger partial charge >= 0.3 is 0 Å². The first kappa shape index (κ1) is 16.8. The van der Waals surface area contributed by atoms with E-state index < -0.39 is 0 Å². The van der Waals surface area contributed by atoms with Gasteiger partial charge in [-0.3, -0.25) is 4.79 Å². The molecule has 1 aromatic carbocycles. The highest BCUT2D eigenvalue weighted by molar-refractivity contribution is 5.80. The lowest BCUT2D eigenvalue weighted by atomic mass is 10.0. The van der Waals surface area contributed by atoms with Crippen molar-refractivity contribution in [1.82, 2.24) is 15.5 Å². The largest absolute Gasteiger partial charge is 0.492 e. The Balaban J connectivity index is 1.82. The molecule has 22 heavy (non-hydrogen) atoms. The van der Waals surface area contributed by atoms with E-state index in [1.807, 2.05) is 24.3 Å². The van der Waals surface area contributed by atoms with Gasteiger partial charge in [-0.1, -0.05) is 32.0 Å². The minimum Gasteiger partial charge on any atom is -0.492 e. The molecule has 5 nitrogen and oxygen atoms in total. The van der Waals surface area contributed by atoms with E-state index in [1.165, 1.54) is 0 Å². The van der Waals surface area contributed by atoms with Crippen molar-refractivity contribution in [1.29, 1.82) is 0 Å². The van der Waals surface area contributed by atoms with E-state index in [1.54, 1.807) is 0 Å². The molecule has 1 saturated heterocycles. The molecule has 0 spiro atoms. The van der Waals surface area contributed by atoms with Crippen molar-refractivity contribution < 1.29 is 9.53 Å². The molecule has 1 fully saturated rings. The standard InChI is InChI=1S/C17H27N3O2/c1-3-20(4-2)9-10-22-16-8-6-5-7-14(16)13-19-17(21)15-11-18-12-15/h5-8,15,18H,3-4,9-13H2,1-2H3,(H,19,21). The molecule has 1 aliphatic rings. The van der Waals surface area contributed by atoms with Crippen LogP contribution in [0.5, 0.6) is 5.75 Å². The summed E-state index contributed by atoms with van der Waals surface area (Å²) in [6.07, 6.45) is 0. The van der Waals surface area contributed by atoms with E-state index >= 15 is 0 Å². The van der Waals surface area contributed by atoms with Gasteiger partial charge in [0.25, 0.3) is 0 Å². The van der Waals surface area contributed by atoms with E-state index in [9.17, 15) is 4.79 Å². The van der Waals surface area contributed by atoms with Gasteiger partial charge in [0, 0.05) is 31.7 Å². The van der Waals surface area contributed by atoms with Crippen molar-refractivity contribution >= 4 is 5.91 Å². The van der Waals surface area contributed by atoms with Gasteiger partial charge in [-0.25, -0.2) is 0 Å². The van der Waals surface area contributed by atoms with Crippen LogP contribution in [0.3, 0.4) is 0 Å². The van der Waals surface area contributed by atoms with E-state index in [0.29, 0.717) is 13.2 Å². The van der Waals surface area contributed by atoms with E-state index in [0.717, 1.165) is 44.0 Å². The van der Waals surface area contributed by atoms with Gasteiger partial charge in [-0.2, -0.15) is 0 Å². The molecule has 0 saturated carbocycles. The Morgan fingerprint density at radius 2 is 2.05 bits per heavy atom.